The second kappa shape index (κ2) is 5.85. The molecule has 1 aliphatic heterocycles. The van der Waals surface area contributed by atoms with Gasteiger partial charge in [-0.05, 0) is 25.3 Å². The van der Waals surface area contributed by atoms with Gasteiger partial charge in [0.1, 0.15) is 5.69 Å². The maximum atomic E-state index is 12.4. The summed E-state index contributed by atoms with van der Waals surface area (Å²) in [5.41, 5.74) is 1.33. The molecule has 0 radical (unpaired) electrons. The second-order valence-corrected chi connectivity index (χ2v) is 6.35. The Hall–Kier alpha value is -1.88. The van der Waals surface area contributed by atoms with Crippen molar-refractivity contribution in [2.75, 3.05) is 23.3 Å². The summed E-state index contributed by atoms with van der Waals surface area (Å²) in [6.45, 7) is 3.31. The molecule has 0 unspecified atom stereocenters. The second-order valence-electron chi connectivity index (χ2n) is 5.34. The zero-order valence-electron chi connectivity index (χ0n) is 12.0. The molecular weight excluding hydrogens is 284 g/mol. The molecule has 1 aromatic heterocycles. The fraction of sp³-hybridized carbons (Fsp3) is 0.375. The lowest BCUT2D eigenvalue weighted by Gasteiger charge is -2.31. The number of fused-ring (bicyclic) bond motifs is 1. The molecule has 0 spiro atoms. The van der Waals surface area contributed by atoms with Crippen LogP contribution in [0, 0.1) is 0 Å². The van der Waals surface area contributed by atoms with Crippen LogP contribution in [0.2, 0.25) is 0 Å². The van der Waals surface area contributed by atoms with Gasteiger partial charge in [0.2, 0.25) is 5.91 Å². The van der Waals surface area contributed by atoms with Gasteiger partial charge in [-0.15, -0.1) is 0 Å². The summed E-state index contributed by atoms with van der Waals surface area (Å²) in [7, 11) is 0. The molecule has 4 nitrogen and oxygen atoms in total. The number of amides is 1. The molecule has 1 aromatic carbocycles. The van der Waals surface area contributed by atoms with E-state index in [2.05, 4.69) is 10.2 Å². The Morgan fingerprint density at radius 1 is 1.19 bits per heavy atom. The van der Waals surface area contributed by atoms with Gasteiger partial charge < -0.3 is 10.2 Å². The molecule has 1 amide bonds. The SMILES string of the molecule is CC(=O)Nc1c(N2CCCCC2)c2ccccc2sc1=O. The smallest absolute Gasteiger partial charge is 0.258 e. The number of piperidine rings is 1. The van der Waals surface area contributed by atoms with Crippen molar-refractivity contribution in [1.82, 2.24) is 0 Å². The summed E-state index contributed by atoms with van der Waals surface area (Å²) in [5.74, 6) is -0.201. The minimum atomic E-state index is -0.201. The Balaban J connectivity index is 2.24. The quantitative estimate of drug-likeness (QED) is 0.926. The van der Waals surface area contributed by atoms with E-state index in [-0.39, 0.29) is 10.6 Å². The minimum Gasteiger partial charge on any atom is -0.369 e. The molecule has 5 heteroatoms. The highest BCUT2D eigenvalue weighted by molar-refractivity contribution is 7.16. The third-order valence-corrected chi connectivity index (χ3v) is 4.72. The van der Waals surface area contributed by atoms with E-state index in [0.717, 1.165) is 41.7 Å². The van der Waals surface area contributed by atoms with Crippen molar-refractivity contribution in [1.29, 1.82) is 0 Å². The molecule has 0 aliphatic carbocycles. The van der Waals surface area contributed by atoms with Crippen molar-refractivity contribution in [3.8, 4) is 0 Å². The summed E-state index contributed by atoms with van der Waals surface area (Å²) < 4.78 is 0.890. The molecule has 0 atom stereocenters. The van der Waals surface area contributed by atoms with Crippen molar-refractivity contribution >= 4 is 38.7 Å². The van der Waals surface area contributed by atoms with Crippen molar-refractivity contribution < 1.29 is 4.79 Å². The maximum Gasteiger partial charge on any atom is 0.258 e. The first kappa shape index (κ1) is 14.1. The van der Waals surface area contributed by atoms with Crippen LogP contribution in [0.1, 0.15) is 26.2 Å². The number of hydrogen-bond acceptors (Lipinski definition) is 4. The lowest BCUT2D eigenvalue weighted by Crippen LogP contribution is -2.31. The number of rotatable bonds is 2. The Morgan fingerprint density at radius 2 is 1.90 bits per heavy atom. The summed E-state index contributed by atoms with van der Waals surface area (Å²) in [5, 5.41) is 3.80. The van der Waals surface area contributed by atoms with Gasteiger partial charge >= 0.3 is 0 Å². The lowest BCUT2D eigenvalue weighted by atomic mass is 10.1. The van der Waals surface area contributed by atoms with Gasteiger partial charge in [-0.1, -0.05) is 29.5 Å². The van der Waals surface area contributed by atoms with Gasteiger partial charge in [0.25, 0.3) is 4.74 Å². The molecule has 0 bridgehead atoms. The van der Waals surface area contributed by atoms with E-state index in [1.54, 1.807) is 0 Å². The molecule has 1 aliphatic rings. The van der Waals surface area contributed by atoms with Crippen molar-refractivity contribution in [2.45, 2.75) is 26.2 Å². The number of hydrogen-bond donors (Lipinski definition) is 1. The van der Waals surface area contributed by atoms with Crippen LogP contribution in [0.3, 0.4) is 0 Å². The molecule has 1 saturated heterocycles. The van der Waals surface area contributed by atoms with Crippen molar-refractivity contribution in [3.63, 3.8) is 0 Å². The van der Waals surface area contributed by atoms with Gasteiger partial charge in [-0.25, -0.2) is 0 Å². The van der Waals surface area contributed by atoms with E-state index < -0.39 is 0 Å². The molecule has 3 rings (SSSR count). The molecule has 1 N–H and O–H groups in total. The first-order valence-corrected chi connectivity index (χ1v) is 8.07. The number of carbonyl (C=O) groups excluding carboxylic acids is 1. The summed E-state index contributed by atoms with van der Waals surface area (Å²) in [4.78, 5) is 26.1. The zero-order valence-corrected chi connectivity index (χ0v) is 12.8. The predicted octanol–water partition coefficient (Wildman–Crippen LogP) is 3.21. The fourth-order valence-electron chi connectivity index (χ4n) is 2.87. The van der Waals surface area contributed by atoms with Crippen molar-refractivity contribution in [3.05, 3.63) is 33.8 Å². The standard InChI is InChI=1S/C16H18N2O2S/c1-11(19)17-14-15(18-9-5-2-6-10-18)12-7-3-4-8-13(12)21-16(14)20/h3-4,7-8H,2,5-6,9-10H2,1H3,(H,17,19). The molecule has 2 heterocycles. The van der Waals surface area contributed by atoms with Crippen LogP contribution in [-0.2, 0) is 4.79 Å². The molecule has 110 valence electrons. The third kappa shape index (κ3) is 2.78. The third-order valence-electron chi connectivity index (χ3n) is 3.76. The molecular formula is C16H18N2O2S. The molecule has 21 heavy (non-hydrogen) atoms. The maximum absolute atomic E-state index is 12.4. The van der Waals surface area contributed by atoms with Gasteiger partial charge in [-0.2, -0.15) is 0 Å². The highest BCUT2D eigenvalue weighted by Crippen LogP contribution is 2.35. The fourth-order valence-corrected chi connectivity index (χ4v) is 3.74. The Kier molecular flexibility index (Phi) is 3.92. The highest BCUT2D eigenvalue weighted by atomic mass is 32.1. The van der Waals surface area contributed by atoms with Crippen LogP contribution in [0.15, 0.2) is 29.1 Å². The van der Waals surface area contributed by atoms with E-state index >= 15 is 0 Å². The van der Waals surface area contributed by atoms with E-state index in [9.17, 15) is 9.59 Å². The number of anilines is 2. The van der Waals surface area contributed by atoms with Crippen LogP contribution >= 0.6 is 11.3 Å². The van der Waals surface area contributed by atoms with Crippen LogP contribution in [0.5, 0.6) is 0 Å². The van der Waals surface area contributed by atoms with E-state index in [1.165, 1.54) is 24.7 Å². The first-order chi connectivity index (χ1) is 10.2. The Morgan fingerprint density at radius 3 is 2.62 bits per heavy atom. The van der Waals surface area contributed by atoms with E-state index in [1.807, 2.05) is 24.3 Å². The zero-order chi connectivity index (χ0) is 14.8. The summed E-state index contributed by atoms with van der Waals surface area (Å²) >= 11 is 1.19. The highest BCUT2D eigenvalue weighted by Gasteiger charge is 2.21. The topological polar surface area (TPSA) is 49.4 Å². The predicted molar refractivity (Wildman–Crippen MR) is 88.5 cm³/mol. The van der Waals surface area contributed by atoms with Crippen LogP contribution in [0.25, 0.3) is 10.1 Å². The lowest BCUT2D eigenvalue weighted by molar-refractivity contribution is -0.114. The number of nitrogens with one attached hydrogen (secondary N) is 1. The van der Waals surface area contributed by atoms with Crippen molar-refractivity contribution in [2.24, 2.45) is 0 Å². The molecule has 0 saturated carbocycles. The number of carbonyl (C=O) groups is 1. The minimum absolute atomic E-state index is 0.0792. The number of nitrogens with zero attached hydrogens (tertiary/aromatic N) is 1. The van der Waals surface area contributed by atoms with Gasteiger partial charge in [-0.3, -0.25) is 9.59 Å². The van der Waals surface area contributed by atoms with Crippen LogP contribution in [-0.4, -0.2) is 19.0 Å². The molecule has 2 aromatic rings. The monoisotopic (exact) mass is 302 g/mol. The van der Waals surface area contributed by atoms with E-state index in [4.69, 9.17) is 0 Å². The average Bonchev–Trinajstić information content (AvgIpc) is 2.48. The molecule has 1 fully saturated rings. The number of benzene rings is 1. The Bertz CT molecular complexity index is 733. The first-order valence-electron chi connectivity index (χ1n) is 7.25. The van der Waals surface area contributed by atoms with Gasteiger partial charge in [0.15, 0.2) is 0 Å². The van der Waals surface area contributed by atoms with Crippen LogP contribution < -0.4 is 15.0 Å². The largest absolute Gasteiger partial charge is 0.369 e. The summed E-state index contributed by atoms with van der Waals surface area (Å²) in [6.07, 6.45) is 3.48. The summed E-state index contributed by atoms with van der Waals surface area (Å²) in [6, 6.07) is 7.91. The van der Waals surface area contributed by atoms with Crippen LogP contribution in [0.4, 0.5) is 11.4 Å². The average molecular weight is 302 g/mol. The normalized spacial score (nSPS) is 15.2. The van der Waals surface area contributed by atoms with Gasteiger partial charge in [0.05, 0.1) is 5.69 Å². The van der Waals surface area contributed by atoms with E-state index in [0.29, 0.717) is 5.69 Å². The van der Waals surface area contributed by atoms with Gasteiger partial charge in [0, 0.05) is 30.1 Å². The Labute approximate surface area is 127 Å².